The van der Waals surface area contributed by atoms with Crippen molar-refractivity contribution in [2.24, 2.45) is 5.73 Å². The van der Waals surface area contributed by atoms with Crippen LogP contribution in [0.2, 0.25) is 0 Å². The molecule has 0 fully saturated rings. The van der Waals surface area contributed by atoms with Gasteiger partial charge in [-0.2, -0.15) is 0 Å². The molecule has 0 bridgehead atoms. The number of nitrogens with two attached hydrogens (primary N) is 1. The molecule has 5 heteroatoms. The molecule has 0 aliphatic carbocycles. The van der Waals surface area contributed by atoms with E-state index < -0.39 is 0 Å². The van der Waals surface area contributed by atoms with Gasteiger partial charge in [0.2, 0.25) is 0 Å². The monoisotopic (exact) mass is 254 g/mol. The average molecular weight is 255 g/mol. The molecular formula is C9H11BrN4. The lowest BCUT2D eigenvalue weighted by atomic mass is 10.2. The van der Waals surface area contributed by atoms with Crippen LogP contribution in [0.15, 0.2) is 23.1 Å². The van der Waals surface area contributed by atoms with Crippen LogP contribution in [-0.2, 0) is 6.42 Å². The molecule has 0 radical (unpaired) electrons. The Morgan fingerprint density at radius 1 is 1.50 bits per heavy atom. The van der Waals surface area contributed by atoms with Crippen LogP contribution in [0.1, 0.15) is 5.69 Å². The summed E-state index contributed by atoms with van der Waals surface area (Å²) in [5, 5.41) is 0. The van der Waals surface area contributed by atoms with Crippen molar-refractivity contribution in [1.29, 1.82) is 0 Å². The molecule has 0 atom stereocenters. The molecule has 74 valence electrons. The maximum absolute atomic E-state index is 5.52. The van der Waals surface area contributed by atoms with E-state index in [0.29, 0.717) is 6.54 Å². The van der Waals surface area contributed by atoms with Crippen LogP contribution in [0.25, 0.3) is 11.4 Å². The number of hydrogen-bond donors (Lipinski definition) is 3. The molecule has 0 amide bonds. The number of aromatic amines is 2. The first-order valence-electron chi connectivity index (χ1n) is 4.39. The Kier molecular flexibility index (Phi) is 2.69. The van der Waals surface area contributed by atoms with Crippen molar-refractivity contribution < 1.29 is 0 Å². The quantitative estimate of drug-likeness (QED) is 0.780. The van der Waals surface area contributed by atoms with Gasteiger partial charge in [-0.15, -0.1) is 0 Å². The van der Waals surface area contributed by atoms with Crippen LogP contribution in [0.3, 0.4) is 0 Å². The van der Waals surface area contributed by atoms with Crippen molar-refractivity contribution in [2.45, 2.75) is 6.42 Å². The molecular weight excluding hydrogens is 244 g/mol. The van der Waals surface area contributed by atoms with Gasteiger partial charge in [-0.3, -0.25) is 0 Å². The van der Waals surface area contributed by atoms with E-state index in [4.69, 9.17) is 5.73 Å². The van der Waals surface area contributed by atoms with Crippen molar-refractivity contribution in [3.8, 4) is 11.4 Å². The van der Waals surface area contributed by atoms with Gasteiger partial charge in [-0.05, 0) is 34.6 Å². The Labute approximate surface area is 90.1 Å². The van der Waals surface area contributed by atoms with E-state index in [9.17, 15) is 0 Å². The molecule has 0 saturated carbocycles. The molecule has 14 heavy (non-hydrogen) atoms. The van der Waals surface area contributed by atoms with Gasteiger partial charge in [-0.25, -0.2) is 4.98 Å². The van der Waals surface area contributed by atoms with Gasteiger partial charge in [0.05, 0.1) is 5.69 Å². The van der Waals surface area contributed by atoms with E-state index in [2.05, 4.69) is 30.9 Å². The molecule has 2 rings (SSSR count). The highest BCUT2D eigenvalue weighted by Crippen LogP contribution is 2.21. The second-order valence-corrected chi connectivity index (χ2v) is 3.73. The van der Waals surface area contributed by atoms with E-state index in [0.717, 1.165) is 28.2 Å². The molecule has 0 aromatic carbocycles. The van der Waals surface area contributed by atoms with Crippen LogP contribution in [-0.4, -0.2) is 21.5 Å². The zero-order valence-corrected chi connectivity index (χ0v) is 9.13. The van der Waals surface area contributed by atoms with E-state index >= 15 is 0 Å². The van der Waals surface area contributed by atoms with E-state index in [1.165, 1.54) is 0 Å². The third-order valence-electron chi connectivity index (χ3n) is 2.00. The fourth-order valence-corrected chi connectivity index (χ4v) is 1.82. The van der Waals surface area contributed by atoms with Gasteiger partial charge in [0.1, 0.15) is 5.69 Å². The predicted molar refractivity (Wildman–Crippen MR) is 58.8 cm³/mol. The van der Waals surface area contributed by atoms with E-state index in [1.54, 1.807) is 0 Å². The Balaban J connectivity index is 2.41. The number of nitrogens with zero attached hydrogens (tertiary/aromatic N) is 1. The summed E-state index contributed by atoms with van der Waals surface area (Å²) >= 11 is 3.32. The normalized spacial score (nSPS) is 10.7. The SMILES string of the molecule is NCCc1[nH]c(Br)nc1-c1ccc[nH]1. The van der Waals surface area contributed by atoms with Gasteiger partial charge < -0.3 is 15.7 Å². The summed E-state index contributed by atoms with van der Waals surface area (Å²) in [5.74, 6) is 0. The van der Waals surface area contributed by atoms with Gasteiger partial charge in [-0.1, -0.05) is 0 Å². The van der Waals surface area contributed by atoms with Crippen LogP contribution in [0.5, 0.6) is 0 Å². The summed E-state index contributed by atoms with van der Waals surface area (Å²) in [6, 6.07) is 3.94. The topological polar surface area (TPSA) is 70.5 Å². The summed E-state index contributed by atoms with van der Waals surface area (Å²) < 4.78 is 0.741. The lowest BCUT2D eigenvalue weighted by molar-refractivity contribution is 0.933. The van der Waals surface area contributed by atoms with Gasteiger partial charge in [0.15, 0.2) is 4.73 Å². The van der Waals surface area contributed by atoms with Crippen LogP contribution < -0.4 is 5.73 Å². The van der Waals surface area contributed by atoms with Gasteiger partial charge in [0.25, 0.3) is 0 Å². The fourth-order valence-electron chi connectivity index (χ4n) is 1.40. The smallest absolute Gasteiger partial charge is 0.175 e. The molecule has 2 heterocycles. The molecule has 4 nitrogen and oxygen atoms in total. The first kappa shape index (κ1) is 9.48. The van der Waals surface area contributed by atoms with Crippen LogP contribution in [0, 0.1) is 0 Å². The highest BCUT2D eigenvalue weighted by atomic mass is 79.9. The molecule has 4 N–H and O–H groups in total. The summed E-state index contributed by atoms with van der Waals surface area (Å²) in [4.78, 5) is 10.6. The number of halogens is 1. The van der Waals surface area contributed by atoms with Crippen molar-refractivity contribution in [1.82, 2.24) is 15.0 Å². The van der Waals surface area contributed by atoms with Gasteiger partial charge >= 0.3 is 0 Å². The number of rotatable bonds is 3. The Morgan fingerprint density at radius 3 is 3.00 bits per heavy atom. The summed E-state index contributed by atoms with van der Waals surface area (Å²) in [6.07, 6.45) is 2.68. The molecule has 0 spiro atoms. The van der Waals surface area contributed by atoms with Crippen molar-refractivity contribution in [2.75, 3.05) is 6.54 Å². The van der Waals surface area contributed by atoms with E-state index in [1.807, 2.05) is 18.3 Å². The number of hydrogen-bond acceptors (Lipinski definition) is 2. The highest BCUT2D eigenvalue weighted by molar-refractivity contribution is 9.10. The van der Waals surface area contributed by atoms with Crippen molar-refractivity contribution in [3.63, 3.8) is 0 Å². The second kappa shape index (κ2) is 3.98. The fraction of sp³-hybridized carbons (Fsp3) is 0.222. The second-order valence-electron chi connectivity index (χ2n) is 2.98. The summed E-state index contributed by atoms with van der Waals surface area (Å²) in [6.45, 7) is 0.613. The maximum Gasteiger partial charge on any atom is 0.175 e. The van der Waals surface area contributed by atoms with Crippen LogP contribution in [0.4, 0.5) is 0 Å². The minimum Gasteiger partial charge on any atom is -0.360 e. The number of aromatic nitrogens is 3. The Hall–Kier alpha value is -1.07. The molecule has 0 saturated heterocycles. The number of imidazole rings is 1. The zero-order valence-electron chi connectivity index (χ0n) is 7.55. The lowest BCUT2D eigenvalue weighted by Crippen LogP contribution is -2.04. The summed E-state index contributed by atoms with van der Waals surface area (Å²) in [5.41, 5.74) is 8.52. The minimum absolute atomic E-state index is 0.613. The van der Waals surface area contributed by atoms with E-state index in [-0.39, 0.29) is 0 Å². The molecule has 0 unspecified atom stereocenters. The van der Waals surface area contributed by atoms with Crippen molar-refractivity contribution in [3.05, 3.63) is 28.8 Å². The number of H-pyrrole nitrogens is 2. The molecule has 2 aromatic heterocycles. The molecule has 0 aliphatic heterocycles. The van der Waals surface area contributed by atoms with Gasteiger partial charge in [0, 0.05) is 18.3 Å². The first-order chi connectivity index (χ1) is 6.81. The average Bonchev–Trinajstić information content (AvgIpc) is 2.74. The van der Waals surface area contributed by atoms with Crippen LogP contribution >= 0.6 is 15.9 Å². The largest absolute Gasteiger partial charge is 0.360 e. The molecule has 2 aromatic rings. The number of nitrogens with one attached hydrogen (secondary N) is 2. The Morgan fingerprint density at radius 2 is 2.36 bits per heavy atom. The third-order valence-corrected chi connectivity index (χ3v) is 2.37. The first-order valence-corrected chi connectivity index (χ1v) is 5.19. The zero-order chi connectivity index (χ0) is 9.97. The van der Waals surface area contributed by atoms with Crippen molar-refractivity contribution >= 4 is 15.9 Å². The third kappa shape index (κ3) is 1.73. The molecule has 0 aliphatic rings. The highest BCUT2D eigenvalue weighted by Gasteiger charge is 2.10. The Bertz CT molecular complexity index is 404. The predicted octanol–water partition coefficient (Wildman–Crippen LogP) is 1.67. The standard InChI is InChI=1S/C9H11BrN4/c10-9-13-7(3-4-11)8(14-9)6-2-1-5-12-6/h1-2,5,12H,3-4,11H2,(H,13,14). The maximum atomic E-state index is 5.52. The minimum atomic E-state index is 0.613. The lowest BCUT2D eigenvalue weighted by Gasteiger charge is -1.97. The summed E-state index contributed by atoms with van der Waals surface area (Å²) in [7, 11) is 0.